The summed E-state index contributed by atoms with van der Waals surface area (Å²) in [6.07, 6.45) is 1.12. The molecule has 2 heterocycles. The topological polar surface area (TPSA) is 29.9 Å². The van der Waals surface area contributed by atoms with E-state index in [1.54, 1.807) is 0 Å². The molecule has 1 atom stereocenters. The predicted molar refractivity (Wildman–Crippen MR) is 77.8 cm³/mol. The fourth-order valence-corrected chi connectivity index (χ4v) is 2.98. The van der Waals surface area contributed by atoms with Crippen LogP contribution < -0.4 is 5.32 Å². The summed E-state index contributed by atoms with van der Waals surface area (Å²) in [4.78, 5) is 0. The number of halogens is 1. The molecular weight excluding hydrogens is 290 g/mol. The number of hydrogen-bond donors (Lipinski definition) is 1. The van der Waals surface area contributed by atoms with Gasteiger partial charge in [0.25, 0.3) is 0 Å². The van der Waals surface area contributed by atoms with Crippen molar-refractivity contribution in [2.75, 3.05) is 5.32 Å². The molecule has 18 heavy (non-hydrogen) atoms. The molecule has 0 amide bonds. The molecule has 1 aromatic carbocycles. The minimum absolute atomic E-state index is 0.509. The smallest absolute Gasteiger partial charge is 0.139 e. The van der Waals surface area contributed by atoms with E-state index in [9.17, 15) is 0 Å². The highest BCUT2D eigenvalue weighted by Crippen LogP contribution is 2.37. The minimum atomic E-state index is 0.509. The van der Waals surface area contributed by atoms with Crippen molar-refractivity contribution in [3.05, 3.63) is 34.3 Å². The Balaban J connectivity index is 2.12. The van der Waals surface area contributed by atoms with Crippen molar-refractivity contribution in [3.63, 3.8) is 0 Å². The van der Waals surface area contributed by atoms with Crippen molar-refractivity contribution in [2.45, 2.75) is 32.9 Å². The Labute approximate surface area is 115 Å². The van der Waals surface area contributed by atoms with Gasteiger partial charge in [-0.05, 0) is 41.8 Å². The lowest BCUT2D eigenvalue weighted by Crippen LogP contribution is -2.25. The molecule has 4 heteroatoms. The van der Waals surface area contributed by atoms with E-state index < -0.39 is 0 Å². The Hall–Kier alpha value is -1.29. The summed E-state index contributed by atoms with van der Waals surface area (Å²) in [7, 11) is 0. The highest BCUT2D eigenvalue weighted by atomic mass is 79.9. The number of nitrogens with zero attached hydrogens (tertiary/aromatic N) is 2. The van der Waals surface area contributed by atoms with Gasteiger partial charge in [-0.25, -0.2) is 4.68 Å². The lowest BCUT2D eigenvalue weighted by atomic mass is 10.1. The number of aromatic nitrogens is 2. The lowest BCUT2D eigenvalue weighted by molar-refractivity contribution is 0.513. The molecule has 2 aromatic rings. The van der Waals surface area contributed by atoms with Crippen molar-refractivity contribution in [1.82, 2.24) is 9.78 Å². The third-order valence-electron chi connectivity index (χ3n) is 3.45. The van der Waals surface area contributed by atoms with Crippen LogP contribution in [0, 0.1) is 6.92 Å². The Kier molecular flexibility index (Phi) is 2.90. The minimum Gasteiger partial charge on any atom is -0.367 e. The number of rotatable bonds is 1. The van der Waals surface area contributed by atoms with Crippen molar-refractivity contribution in [3.8, 4) is 11.3 Å². The van der Waals surface area contributed by atoms with Crippen LogP contribution >= 0.6 is 15.9 Å². The van der Waals surface area contributed by atoms with Gasteiger partial charge in [0.2, 0.25) is 0 Å². The average molecular weight is 306 g/mol. The summed E-state index contributed by atoms with van der Waals surface area (Å²) in [5, 5.41) is 8.21. The quantitative estimate of drug-likeness (QED) is 0.868. The van der Waals surface area contributed by atoms with Gasteiger partial charge in [0.1, 0.15) is 11.5 Å². The summed E-state index contributed by atoms with van der Waals surface area (Å²) >= 11 is 3.69. The molecule has 1 aliphatic rings. The monoisotopic (exact) mass is 305 g/mol. The first-order chi connectivity index (χ1) is 8.66. The Morgan fingerprint density at radius 2 is 2.17 bits per heavy atom. The number of aryl methyl sites for hydroxylation is 2. The van der Waals surface area contributed by atoms with Crippen LogP contribution in [0.4, 0.5) is 5.82 Å². The second-order valence-corrected chi connectivity index (χ2v) is 5.68. The summed E-state index contributed by atoms with van der Waals surface area (Å²) in [6, 6.07) is 8.87. The number of anilines is 1. The molecule has 3 rings (SSSR count). The zero-order valence-electron chi connectivity index (χ0n) is 10.6. The van der Waals surface area contributed by atoms with Crippen LogP contribution in [0.5, 0.6) is 0 Å². The lowest BCUT2D eigenvalue weighted by Gasteiger charge is -2.22. The molecule has 94 valence electrons. The van der Waals surface area contributed by atoms with Crippen LogP contribution in [-0.2, 0) is 6.54 Å². The van der Waals surface area contributed by atoms with Gasteiger partial charge in [0.15, 0.2) is 0 Å². The second kappa shape index (κ2) is 4.43. The summed E-state index contributed by atoms with van der Waals surface area (Å²) < 4.78 is 3.13. The van der Waals surface area contributed by atoms with E-state index in [2.05, 4.69) is 64.0 Å². The standard InChI is InChI=1S/C14H16BrN3/c1-9-5-3-4-6-11(9)13-12(15)14-16-10(2)7-8-18(14)17-13/h3-6,10,16H,7-8H2,1-2H3. The fraction of sp³-hybridized carbons (Fsp3) is 0.357. The summed E-state index contributed by atoms with van der Waals surface area (Å²) in [5.41, 5.74) is 3.48. The first-order valence-corrected chi connectivity index (χ1v) is 7.05. The summed E-state index contributed by atoms with van der Waals surface area (Å²) in [6.45, 7) is 5.31. The van der Waals surface area contributed by atoms with E-state index in [0.29, 0.717) is 6.04 Å². The van der Waals surface area contributed by atoms with E-state index in [1.165, 1.54) is 11.1 Å². The first-order valence-electron chi connectivity index (χ1n) is 6.25. The molecule has 1 unspecified atom stereocenters. The molecule has 3 nitrogen and oxygen atoms in total. The van der Waals surface area contributed by atoms with Gasteiger partial charge in [0.05, 0.1) is 4.47 Å². The molecule has 0 spiro atoms. The molecule has 0 aliphatic carbocycles. The Morgan fingerprint density at radius 1 is 1.39 bits per heavy atom. The molecule has 0 saturated heterocycles. The Bertz CT molecular complexity index is 589. The maximum Gasteiger partial charge on any atom is 0.139 e. The van der Waals surface area contributed by atoms with Gasteiger partial charge in [-0.2, -0.15) is 5.10 Å². The maximum absolute atomic E-state index is 4.72. The first kappa shape index (κ1) is 11.8. The Morgan fingerprint density at radius 3 is 2.94 bits per heavy atom. The van der Waals surface area contributed by atoms with Crippen LogP contribution in [0.15, 0.2) is 28.7 Å². The average Bonchev–Trinajstić information content (AvgIpc) is 2.68. The van der Waals surface area contributed by atoms with Gasteiger partial charge in [-0.1, -0.05) is 24.3 Å². The van der Waals surface area contributed by atoms with E-state index in [4.69, 9.17) is 5.10 Å². The third kappa shape index (κ3) is 1.85. The van der Waals surface area contributed by atoms with E-state index >= 15 is 0 Å². The van der Waals surface area contributed by atoms with Crippen LogP contribution in [0.3, 0.4) is 0 Å². The largest absolute Gasteiger partial charge is 0.367 e. The predicted octanol–water partition coefficient (Wildman–Crippen LogP) is 3.83. The van der Waals surface area contributed by atoms with Crippen LogP contribution in [-0.4, -0.2) is 15.8 Å². The maximum atomic E-state index is 4.72. The molecule has 0 saturated carbocycles. The molecule has 0 radical (unpaired) electrons. The SMILES string of the molecule is Cc1ccccc1-c1nn2c(c1Br)NC(C)CC2. The summed E-state index contributed by atoms with van der Waals surface area (Å²) in [5.74, 6) is 1.10. The molecule has 1 N–H and O–H groups in total. The van der Waals surface area contributed by atoms with Gasteiger partial charge < -0.3 is 5.32 Å². The van der Waals surface area contributed by atoms with Crippen LogP contribution in [0.2, 0.25) is 0 Å². The van der Waals surface area contributed by atoms with Crippen LogP contribution in [0.25, 0.3) is 11.3 Å². The van der Waals surface area contributed by atoms with Gasteiger partial charge >= 0.3 is 0 Å². The van der Waals surface area contributed by atoms with Crippen molar-refractivity contribution >= 4 is 21.7 Å². The number of hydrogen-bond acceptors (Lipinski definition) is 2. The normalized spacial score (nSPS) is 18.3. The van der Waals surface area contributed by atoms with E-state index in [1.807, 2.05) is 0 Å². The van der Waals surface area contributed by atoms with Crippen molar-refractivity contribution in [1.29, 1.82) is 0 Å². The number of fused-ring (bicyclic) bond motifs is 1. The zero-order chi connectivity index (χ0) is 12.7. The van der Waals surface area contributed by atoms with E-state index in [-0.39, 0.29) is 0 Å². The fourth-order valence-electron chi connectivity index (χ4n) is 2.37. The number of benzene rings is 1. The third-order valence-corrected chi connectivity index (χ3v) is 4.20. The van der Waals surface area contributed by atoms with Gasteiger partial charge in [0, 0.05) is 18.2 Å². The highest BCUT2D eigenvalue weighted by Gasteiger charge is 2.22. The molecule has 1 aromatic heterocycles. The van der Waals surface area contributed by atoms with Crippen molar-refractivity contribution < 1.29 is 0 Å². The molecular formula is C14H16BrN3. The molecule has 0 fully saturated rings. The second-order valence-electron chi connectivity index (χ2n) is 4.88. The van der Waals surface area contributed by atoms with Gasteiger partial charge in [-0.15, -0.1) is 0 Å². The van der Waals surface area contributed by atoms with Gasteiger partial charge in [-0.3, -0.25) is 0 Å². The highest BCUT2D eigenvalue weighted by molar-refractivity contribution is 9.10. The van der Waals surface area contributed by atoms with E-state index in [0.717, 1.165) is 29.0 Å². The molecule has 0 bridgehead atoms. The zero-order valence-corrected chi connectivity index (χ0v) is 12.2. The van der Waals surface area contributed by atoms with Crippen LogP contribution in [0.1, 0.15) is 18.9 Å². The number of nitrogens with one attached hydrogen (secondary N) is 1. The van der Waals surface area contributed by atoms with Crippen molar-refractivity contribution in [2.24, 2.45) is 0 Å². The molecule has 1 aliphatic heterocycles.